The van der Waals surface area contributed by atoms with E-state index in [1.807, 2.05) is 17.7 Å². The van der Waals surface area contributed by atoms with E-state index in [1.165, 1.54) is 31.4 Å². The van der Waals surface area contributed by atoms with Crippen LogP contribution in [0.1, 0.15) is 79.6 Å². The number of carbonyl (C=O) groups excluding carboxylic acids is 4. The molecule has 2 aromatic rings. The standard InChI is InChI=1S/C40H51F4N5O9S/c1-22-9-7-8-10-25-19-40(25,35(52)48-59(54,55)39(21-41)13-14-39)47-32(50)29-18-27(57-33-28-12-11-26(42)16-24(28)17-30(45-33)56-6)20-49(29)34(51)31(23(2)15-22)46-36(53)58-37(3,4)38(5,43)44/h8,10-12,16-17,22-23,25,27,29,31H,7,9,13-15,18-21H2,1-6H3,(H,46,53)(H,47,50)(H,48,52)/b10-8-/t22-,23+,25+,27+,29-,31-,40+/m0/s1. The molecule has 2 saturated carbocycles. The van der Waals surface area contributed by atoms with Crippen LogP contribution in [0.15, 0.2) is 36.4 Å². The van der Waals surface area contributed by atoms with E-state index in [4.69, 9.17) is 14.2 Å². The summed E-state index contributed by atoms with van der Waals surface area (Å²) in [4.78, 5) is 62.1. The first-order chi connectivity index (χ1) is 27.5. The van der Waals surface area contributed by atoms with E-state index in [2.05, 4.69) is 15.6 Å². The van der Waals surface area contributed by atoms with E-state index in [0.29, 0.717) is 37.0 Å². The molecule has 1 aromatic carbocycles. The zero-order valence-corrected chi connectivity index (χ0v) is 34.6. The summed E-state index contributed by atoms with van der Waals surface area (Å²) in [5.74, 6) is -7.89. The molecule has 4 aliphatic rings. The molecule has 7 atom stereocenters. The van der Waals surface area contributed by atoms with Crippen molar-refractivity contribution in [3.8, 4) is 11.8 Å². The molecule has 1 aromatic heterocycles. The van der Waals surface area contributed by atoms with Gasteiger partial charge in [0.1, 0.15) is 41.0 Å². The highest BCUT2D eigenvalue weighted by Crippen LogP contribution is 2.48. The molecule has 2 aliphatic heterocycles. The average Bonchev–Trinajstić information content (AvgIpc) is 4.05. The minimum absolute atomic E-state index is 0.00145. The van der Waals surface area contributed by atoms with Gasteiger partial charge in [-0.15, -0.1) is 0 Å². The summed E-state index contributed by atoms with van der Waals surface area (Å²) in [7, 11) is -3.11. The largest absolute Gasteiger partial charge is 0.481 e. The fourth-order valence-electron chi connectivity index (χ4n) is 7.75. The third-order valence-electron chi connectivity index (χ3n) is 12.2. The van der Waals surface area contributed by atoms with E-state index in [9.17, 15) is 45.2 Å². The molecule has 0 radical (unpaired) electrons. The van der Waals surface area contributed by atoms with Crippen LogP contribution in [0.3, 0.4) is 0 Å². The second-order valence-corrected chi connectivity index (χ2v) is 19.2. The number of alkyl carbamates (subject to hydrolysis) is 1. The first-order valence-electron chi connectivity index (χ1n) is 19.7. The molecule has 0 spiro atoms. The number of pyridine rings is 1. The molecule has 4 amide bonds. The van der Waals surface area contributed by atoms with Gasteiger partial charge in [-0.1, -0.05) is 26.0 Å². The summed E-state index contributed by atoms with van der Waals surface area (Å²) in [5.41, 5.74) is -4.04. The van der Waals surface area contributed by atoms with E-state index in [0.717, 1.165) is 18.7 Å². The lowest BCUT2D eigenvalue weighted by Crippen LogP contribution is -2.60. The van der Waals surface area contributed by atoms with Crippen LogP contribution in [0.25, 0.3) is 10.8 Å². The van der Waals surface area contributed by atoms with Crippen molar-refractivity contribution < 1.29 is 59.4 Å². The van der Waals surface area contributed by atoms with Crippen molar-refractivity contribution >= 4 is 44.6 Å². The van der Waals surface area contributed by atoms with Gasteiger partial charge in [-0.05, 0) is 87.8 Å². The van der Waals surface area contributed by atoms with E-state index in [-0.39, 0.29) is 49.9 Å². The monoisotopic (exact) mass is 853 g/mol. The number of alkyl halides is 3. The molecule has 59 heavy (non-hydrogen) atoms. The van der Waals surface area contributed by atoms with Gasteiger partial charge in [0.25, 0.3) is 11.8 Å². The highest BCUT2D eigenvalue weighted by molar-refractivity contribution is 7.91. The van der Waals surface area contributed by atoms with Crippen LogP contribution in [-0.4, -0.2) is 102 Å². The molecular weight excluding hydrogens is 803 g/mol. The van der Waals surface area contributed by atoms with E-state index in [1.54, 1.807) is 13.0 Å². The zero-order chi connectivity index (χ0) is 43.3. The molecule has 3 N–H and O–H groups in total. The minimum atomic E-state index is -4.47. The number of amides is 4. The number of ether oxygens (including phenoxy) is 3. The number of hydrogen-bond donors (Lipinski definition) is 3. The Morgan fingerprint density at radius 1 is 1.10 bits per heavy atom. The molecular formula is C40H51F4N5O9S. The lowest BCUT2D eigenvalue weighted by atomic mass is 9.88. The van der Waals surface area contributed by atoms with Gasteiger partial charge in [0.05, 0.1) is 13.7 Å². The second kappa shape index (κ2) is 16.1. The molecule has 3 fully saturated rings. The topological polar surface area (TPSA) is 182 Å². The summed E-state index contributed by atoms with van der Waals surface area (Å²) in [6, 6.07) is 2.61. The Labute approximate surface area is 340 Å². The lowest BCUT2D eigenvalue weighted by molar-refractivity contribution is -0.152. The summed E-state index contributed by atoms with van der Waals surface area (Å²) in [5, 5.41) is 5.99. The van der Waals surface area contributed by atoms with Crippen LogP contribution in [0, 0.1) is 23.6 Å². The van der Waals surface area contributed by atoms with Gasteiger partial charge in [-0.2, -0.15) is 4.98 Å². The van der Waals surface area contributed by atoms with Crippen LogP contribution < -0.4 is 24.8 Å². The highest BCUT2D eigenvalue weighted by Gasteiger charge is 2.64. The Hall–Kier alpha value is -4.68. The maximum Gasteiger partial charge on any atom is 0.408 e. The molecule has 14 nitrogen and oxygen atoms in total. The quantitative estimate of drug-likeness (QED) is 0.215. The first kappa shape index (κ1) is 43.9. The predicted molar refractivity (Wildman–Crippen MR) is 206 cm³/mol. The Kier molecular flexibility index (Phi) is 11.9. The van der Waals surface area contributed by atoms with Gasteiger partial charge in [-0.3, -0.25) is 19.1 Å². The number of nitrogens with one attached hydrogen (secondary N) is 3. The summed E-state index contributed by atoms with van der Waals surface area (Å²) < 4.78 is 100. The number of nitrogens with zero attached hydrogens (tertiary/aromatic N) is 2. The van der Waals surface area contributed by atoms with E-state index < -0.39 is 98.2 Å². The molecule has 0 bridgehead atoms. The number of hydrogen-bond acceptors (Lipinski definition) is 10. The lowest BCUT2D eigenvalue weighted by Gasteiger charge is -2.35. The molecule has 3 heterocycles. The first-order valence-corrected chi connectivity index (χ1v) is 21.1. The molecule has 19 heteroatoms. The molecule has 1 saturated heterocycles. The number of benzene rings is 1. The van der Waals surface area contributed by atoms with E-state index >= 15 is 0 Å². The zero-order valence-electron chi connectivity index (χ0n) is 33.8. The van der Waals surface area contributed by atoms with Crippen molar-refractivity contribution in [2.45, 2.75) is 120 Å². The Morgan fingerprint density at radius 3 is 2.46 bits per heavy atom. The SMILES string of the molecule is COc1cc2cc(F)ccc2c(O[C@@H]2C[C@H]3C(=O)N[C@]4(C(=O)NS(=O)(=O)C5(CF)CC5)C[C@H]4/C=C\CC[C@H](C)C[C@@H](C)[C@H](NC(=O)OC(C)(C)C(C)(F)F)C(=O)N3C2)n1. The van der Waals surface area contributed by atoms with Crippen LogP contribution >= 0.6 is 0 Å². The molecule has 6 rings (SSSR count). The molecule has 2 aliphatic carbocycles. The van der Waals surface area contributed by atoms with Crippen molar-refractivity contribution in [2.75, 3.05) is 20.3 Å². The normalized spacial score (nSPS) is 29.2. The number of aromatic nitrogens is 1. The highest BCUT2D eigenvalue weighted by atomic mass is 32.2. The summed E-state index contributed by atoms with van der Waals surface area (Å²) in [6.07, 6.45) is 2.64. The number of rotatable bonds is 10. The van der Waals surface area contributed by atoms with Gasteiger partial charge in [0, 0.05) is 30.7 Å². The Bertz CT molecular complexity index is 2130. The van der Waals surface area contributed by atoms with Crippen LogP contribution in [0.2, 0.25) is 0 Å². The third kappa shape index (κ3) is 8.94. The van der Waals surface area contributed by atoms with Crippen LogP contribution in [0.5, 0.6) is 11.8 Å². The molecule has 324 valence electrons. The van der Waals surface area contributed by atoms with Gasteiger partial charge in [0.2, 0.25) is 33.6 Å². The van der Waals surface area contributed by atoms with Gasteiger partial charge in [0.15, 0.2) is 5.60 Å². The van der Waals surface area contributed by atoms with Crippen molar-refractivity contribution in [3.63, 3.8) is 0 Å². The van der Waals surface area contributed by atoms with Gasteiger partial charge in [-0.25, -0.2) is 30.8 Å². The van der Waals surface area contributed by atoms with Crippen molar-refractivity contribution in [2.24, 2.45) is 17.8 Å². The van der Waals surface area contributed by atoms with Crippen molar-refractivity contribution in [1.29, 1.82) is 0 Å². The summed E-state index contributed by atoms with van der Waals surface area (Å²) >= 11 is 0. The number of halogens is 4. The summed E-state index contributed by atoms with van der Waals surface area (Å²) in [6.45, 7) is 4.83. The maximum atomic E-state index is 14.8. The fraction of sp³-hybridized carbons (Fsp3) is 0.625. The van der Waals surface area contributed by atoms with Gasteiger partial charge >= 0.3 is 6.09 Å². The number of methoxy groups -OCH3 is 1. The maximum absolute atomic E-state index is 14.8. The smallest absolute Gasteiger partial charge is 0.408 e. The predicted octanol–water partition coefficient (Wildman–Crippen LogP) is 5.09. The van der Waals surface area contributed by atoms with Crippen LogP contribution in [-0.2, 0) is 29.1 Å². The number of allylic oxidation sites excluding steroid dienone is 1. The fourth-order valence-corrected chi connectivity index (χ4v) is 9.18. The van der Waals surface area contributed by atoms with Gasteiger partial charge < -0.3 is 29.7 Å². The Balaban J connectivity index is 1.37. The Morgan fingerprint density at radius 2 is 1.81 bits per heavy atom. The van der Waals surface area contributed by atoms with Crippen LogP contribution in [0.4, 0.5) is 22.4 Å². The number of fused-ring (bicyclic) bond motifs is 3. The second-order valence-electron chi connectivity index (χ2n) is 17.1. The minimum Gasteiger partial charge on any atom is -0.481 e. The number of sulfonamides is 1. The van der Waals surface area contributed by atoms with Crippen molar-refractivity contribution in [3.05, 3.63) is 42.2 Å². The van der Waals surface area contributed by atoms with Crippen molar-refractivity contribution in [1.82, 2.24) is 25.2 Å². The third-order valence-corrected chi connectivity index (χ3v) is 14.3. The average molecular weight is 854 g/mol. The molecule has 0 unspecified atom stereocenters. The number of carbonyl (C=O) groups is 4.